The summed E-state index contributed by atoms with van der Waals surface area (Å²) in [7, 11) is -3.61. The molecule has 2 heterocycles. The number of rotatable bonds is 4. The molecule has 0 radical (unpaired) electrons. The fourth-order valence-electron chi connectivity index (χ4n) is 6.04. The zero-order valence-corrected chi connectivity index (χ0v) is 19.4. The molecule has 0 spiro atoms. The van der Waals surface area contributed by atoms with Gasteiger partial charge in [0.15, 0.2) is 11.5 Å². The Bertz CT molecular complexity index is 1050. The molecule has 0 N–H and O–H groups in total. The van der Waals surface area contributed by atoms with Crippen molar-refractivity contribution in [2.45, 2.75) is 39.2 Å². The maximum absolute atomic E-state index is 13.3. The largest absolute Gasteiger partial charge is 0.485 e. The van der Waals surface area contributed by atoms with E-state index in [-0.39, 0.29) is 48.5 Å². The molecular formula is C23H30N2O6S. The number of fused-ring (bicyclic) bond motifs is 3. The second-order valence-corrected chi connectivity index (χ2v) is 12.0. The highest BCUT2D eigenvalue weighted by Crippen LogP contribution is 2.64. The van der Waals surface area contributed by atoms with Crippen LogP contribution >= 0.6 is 0 Å². The van der Waals surface area contributed by atoms with E-state index in [0.29, 0.717) is 37.4 Å². The Morgan fingerprint density at radius 3 is 2.44 bits per heavy atom. The zero-order chi connectivity index (χ0) is 22.7. The Hall–Kier alpha value is -2.13. The van der Waals surface area contributed by atoms with Gasteiger partial charge in [-0.3, -0.25) is 9.59 Å². The number of hydrogen-bond acceptors (Lipinski definition) is 6. The number of carbonyl (C=O) groups excluding carboxylic acids is 2. The lowest BCUT2D eigenvalue weighted by molar-refractivity contribution is -0.142. The van der Waals surface area contributed by atoms with Crippen LogP contribution in [-0.4, -0.2) is 74.0 Å². The van der Waals surface area contributed by atoms with E-state index in [1.54, 1.807) is 17.0 Å². The molecule has 2 aliphatic carbocycles. The van der Waals surface area contributed by atoms with Crippen molar-refractivity contribution in [1.29, 1.82) is 0 Å². The molecule has 1 saturated heterocycles. The van der Waals surface area contributed by atoms with Crippen LogP contribution in [0.25, 0.3) is 0 Å². The molecule has 3 fully saturated rings. The number of ether oxygens (including phenoxy) is 2. The molecular weight excluding hydrogens is 432 g/mol. The van der Waals surface area contributed by atoms with Crippen molar-refractivity contribution >= 4 is 21.7 Å². The second-order valence-electron chi connectivity index (χ2n) is 10.0. The first-order valence-electron chi connectivity index (χ1n) is 11.3. The molecule has 32 heavy (non-hydrogen) atoms. The van der Waals surface area contributed by atoms with Gasteiger partial charge in [0.2, 0.25) is 16.1 Å². The van der Waals surface area contributed by atoms with Gasteiger partial charge in [0.1, 0.15) is 12.4 Å². The molecule has 0 aromatic heterocycles. The van der Waals surface area contributed by atoms with Gasteiger partial charge in [-0.25, -0.2) is 8.42 Å². The number of carbonyl (C=O) groups is 2. The molecule has 8 nitrogen and oxygen atoms in total. The van der Waals surface area contributed by atoms with Crippen LogP contribution in [0, 0.1) is 16.7 Å². The SMILES string of the molecule is CC1(C)[C@H]2CCC1(CS(=O)(=O)N1CCN(C(=O)C3COc4ccccc4O3)CC1)C(=O)C2. The van der Waals surface area contributed by atoms with Crippen LogP contribution < -0.4 is 9.47 Å². The van der Waals surface area contributed by atoms with Crippen LogP contribution in [0.3, 0.4) is 0 Å². The number of piperazine rings is 1. The van der Waals surface area contributed by atoms with Gasteiger partial charge in [-0.05, 0) is 36.3 Å². The average Bonchev–Trinajstić information content (AvgIpc) is 3.12. The fraction of sp³-hybridized carbons (Fsp3) is 0.652. The van der Waals surface area contributed by atoms with E-state index in [2.05, 4.69) is 0 Å². The van der Waals surface area contributed by atoms with Crippen LogP contribution in [0.1, 0.15) is 33.1 Å². The van der Waals surface area contributed by atoms with Crippen molar-refractivity contribution in [3.05, 3.63) is 24.3 Å². The molecule has 2 bridgehead atoms. The third-order valence-corrected chi connectivity index (χ3v) is 10.3. The van der Waals surface area contributed by atoms with Gasteiger partial charge < -0.3 is 14.4 Å². The summed E-state index contributed by atoms with van der Waals surface area (Å²) < 4.78 is 39.5. The molecule has 9 heteroatoms. The maximum atomic E-state index is 13.3. The number of nitrogens with zero attached hydrogens (tertiary/aromatic N) is 2. The molecule has 1 amide bonds. The summed E-state index contributed by atoms with van der Waals surface area (Å²) in [6, 6.07) is 7.22. The van der Waals surface area contributed by atoms with E-state index in [1.807, 2.05) is 26.0 Å². The van der Waals surface area contributed by atoms with Crippen LogP contribution in [-0.2, 0) is 19.6 Å². The van der Waals surface area contributed by atoms with E-state index >= 15 is 0 Å². The zero-order valence-electron chi connectivity index (χ0n) is 18.6. The highest BCUT2D eigenvalue weighted by molar-refractivity contribution is 7.89. The minimum atomic E-state index is -3.61. The third kappa shape index (κ3) is 3.23. The summed E-state index contributed by atoms with van der Waals surface area (Å²) in [6.45, 7) is 5.28. The Morgan fingerprint density at radius 1 is 1.12 bits per heavy atom. The molecule has 2 unspecified atom stereocenters. The van der Waals surface area contributed by atoms with Crippen molar-refractivity contribution < 1.29 is 27.5 Å². The van der Waals surface area contributed by atoms with Crippen molar-refractivity contribution in [3.8, 4) is 11.5 Å². The Balaban J connectivity index is 1.22. The van der Waals surface area contributed by atoms with Crippen LogP contribution in [0.15, 0.2) is 24.3 Å². The van der Waals surface area contributed by atoms with Crippen molar-refractivity contribution in [1.82, 2.24) is 9.21 Å². The predicted octanol–water partition coefficient (Wildman–Crippen LogP) is 1.70. The number of hydrogen-bond donors (Lipinski definition) is 0. The first-order chi connectivity index (χ1) is 15.1. The monoisotopic (exact) mass is 462 g/mol. The quantitative estimate of drug-likeness (QED) is 0.676. The first-order valence-corrected chi connectivity index (χ1v) is 12.9. The number of para-hydroxylation sites is 2. The van der Waals surface area contributed by atoms with E-state index in [0.717, 1.165) is 6.42 Å². The van der Waals surface area contributed by atoms with Gasteiger partial charge in [0.05, 0.1) is 5.75 Å². The van der Waals surface area contributed by atoms with Gasteiger partial charge in [0.25, 0.3) is 5.91 Å². The van der Waals surface area contributed by atoms with Gasteiger partial charge in [-0.15, -0.1) is 0 Å². The first kappa shape index (κ1) is 21.7. The topological polar surface area (TPSA) is 93.2 Å². The number of ketones is 1. The maximum Gasteiger partial charge on any atom is 0.267 e. The molecule has 1 aromatic rings. The summed E-state index contributed by atoms with van der Waals surface area (Å²) in [4.78, 5) is 27.4. The van der Waals surface area contributed by atoms with Crippen molar-refractivity contribution in [2.75, 3.05) is 38.5 Å². The Kier molecular flexibility index (Phi) is 5.05. The van der Waals surface area contributed by atoms with Gasteiger partial charge in [-0.2, -0.15) is 4.31 Å². The molecule has 2 aliphatic heterocycles. The number of Topliss-reactive ketones (excluding diaryl/α,β-unsaturated/α-hetero) is 1. The smallest absolute Gasteiger partial charge is 0.267 e. The third-order valence-electron chi connectivity index (χ3n) is 8.30. The molecule has 2 saturated carbocycles. The van der Waals surface area contributed by atoms with E-state index in [4.69, 9.17) is 9.47 Å². The van der Waals surface area contributed by atoms with E-state index in [9.17, 15) is 18.0 Å². The molecule has 4 aliphatic rings. The van der Waals surface area contributed by atoms with Gasteiger partial charge >= 0.3 is 0 Å². The van der Waals surface area contributed by atoms with Gasteiger partial charge in [0, 0.05) is 38.0 Å². The highest BCUT2D eigenvalue weighted by Gasteiger charge is 2.65. The lowest BCUT2D eigenvalue weighted by Crippen LogP contribution is -2.56. The summed E-state index contributed by atoms with van der Waals surface area (Å²) in [6.07, 6.45) is 1.33. The lowest BCUT2D eigenvalue weighted by atomic mass is 9.70. The normalized spacial score (nSPS) is 31.7. The standard InChI is InChI=1S/C23H30N2O6S/c1-22(2)16-7-8-23(22,20(26)13-16)15-32(28,29)25-11-9-24(10-12-25)21(27)19-14-30-17-5-3-4-6-18(17)31-19/h3-6,16,19H,7-15H2,1-2H3/t16-,19?,23?/m0/s1. The van der Waals surface area contributed by atoms with Crippen molar-refractivity contribution in [3.63, 3.8) is 0 Å². The van der Waals surface area contributed by atoms with Crippen LogP contribution in [0.2, 0.25) is 0 Å². The molecule has 5 rings (SSSR count). The van der Waals surface area contributed by atoms with E-state index in [1.165, 1.54) is 4.31 Å². The Labute approximate surface area is 188 Å². The molecule has 1 aromatic carbocycles. The number of amides is 1. The summed E-state index contributed by atoms with van der Waals surface area (Å²) in [5.74, 6) is 1.23. The minimum Gasteiger partial charge on any atom is -0.485 e. The van der Waals surface area contributed by atoms with E-state index < -0.39 is 21.5 Å². The summed E-state index contributed by atoms with van der Waals surface area (Å²) in [5.41, 5.74) is -1.06. The summed E-state index contributed by atoms with van der Waals surface area (Å²) >= 11 is 0. The predicted molar refractivity (Wildman–Crippen MR) is 117 cm³/mol. The summed E-state index contributed by atoms with van der Waals surface area (Å²) in [5, 5.41) is 0. The molecule has 174 valence electrons. The minimum absolute atomic E-state index is 0.103. The lowest BCUT2D eigenvalue weighted by Gasteiger charge is -2.40. The Morgan fingerprint density at radius 2 is 1.81 bits per heavy atom. The average molecular weight is 463 g/mol. The number of benzene rings is 1. The molecule has 3 atom stereocenters. The van der Waals surface area contributed by atoms with Crippen LogP contribution in [0.4, 0.5) is 0 Å². The fourth-order valence-corrected chi connectivity index (χ4v) is 8.24. The highest BCUT2D eigenvalue weighted by atomic mass is 32.2. The number of sulfonamides is 1. The van der Waals surface area contributed by atoms with Crippen molar-refractivity contribution in [2.24, 2.45) is 16.7 Å². The van der Waals surface area contributed by atoms with Gasteiger partial charge in [-0.1, -0.05) is 26.0 Å². The van der Waals surface area contributed by atoms with Crippen LogP contribution in [0.5, 0.6) is 11.5 Å². The second kappa shape index (κ2) is 7.45.